The van der Waals surface area contributed by atoms with Gasteiger partial charge >= 0.3 is 0 Å². The van der Waals surface area contributed by atoms with Crippen LogP contribution in [0.1, 0.15) is 328 Å². The molecule has 9 N–H and O–H groups in total. The number of hydrogen-bond acceptors (Lipinski definition) is 13. The van der Waals surface area contributed by atoms with Crippen molar-refractivity contribution in [2.45, 2.75) is 402 Å². The van der Waals surface area contributed by atoms with E-state index >= 15 is 0 Å². The fourth-order valence-electron chi connectivity index (χ4n) is 12.2. The third-order valence-electron chi connectivity index (χ3n) is 17.9. The highest BCUT2D eigenvalue weighted by molar-refractivity contribution is 5.76. The highest BCUT2D eigenvalue weighted by Crippen LogP contribution is 2.30. The Balaban J connectivity index is 1.61. The number of nitrogens with one attached hydrogen (secondary N) is 1. The number of ether oxygens (including phenoxy) is 4. The van der Waals surface area contributed by atoms with E-state index in [4.69, 9.17) is 18.9 Å². The molecule has 14 heteroatoms. The van der Waals surface area contributed by atoms with Gasteiger partial charge in [0.05, 0.1) is 32.0 Å². The van der Waals surface area contributed by atoms with Crippen LogP contribution in [0.5, 0.6) is 0 Å². The Kier molecular flexibility index (Phi) is 52.8. The molecule has 2 aliphatic heterocycles. The molecule has 2 rings (SSSR count). The lowest BCUT2D eigenvalue weighted by Crippen LogP contribution is -2.65. The SMILES string of the molecule is CCCCCCC/C=C\C/C=C\CCCCCCCCCCCCCCCCCCCCCCCC(=O)NC(COC1OC(CO)C(OC2OC(CO)C(O)C(O)C2O)C(O)C1O)C(O)CCCCCCCCCCCCCCCCCCCC. The van der Waals surface area contributed by atoms with Gasteiger partial charge in [-0.3, -0.25) is 4.79 Å². The van der Waals surface area contributed by atoms with E-state index in [9.17, 15) is 45.6 Å². The molecular weight excluding hydrogens is 1070 g/mol. The van der Waals surface area contributed by atoms with Crippen molar-refractivity contribution in [2.75, 3.05) is 19.8 Å². The van der Waals surface area contributed by atoms with Crippen molar-refractivity contribution in [1.82, 2.24) is 5.32 Å². The second-order valence-corrected chi connectivity index (χ2v) is 25.7. The zero-order valence-corrected chi connectivity index (χ0v) is 54.6. The van der Waals surface area contributed by atoms with Crippen molar-refractivity contribution in [1.29, 1.82) is 0 Å². The predicted octanol–water partition coefficient (Wildman–Crippen LogP) is 14.7. The Morgan fingerprint density at radius 3 is 1.18 bits per heavy atom. The molecule has 0 aliphatic carbocycles. The van der Waals surface area contributed by atoms with Crippen molar-refractivity contribution < 1.29 is 64.6 Å². The summed E-state index contributed by atoms with van der Waals surface area (Å²) in [6, 6.07) is -0.826. The number of carbonyl (C=O) groups is 1. The number of aliphatic hydroxyl groups is 8. The average molecular weight is 1210 g/mol. The molecule has 0 aromatic rings. The van der Waals surface area contributed by atoms with Gasteiger partial charge in [0.2, 0.25) is 5.91 Å². The van der Waals surface area contributed by atoms with E-state index in [2.05, 4.69) is 43.5 Å². The van der Waals surface area contributed by atoms with E-state index < -0.39 is 86.8 Å². The highest BCUT2D eigenvalue weighted by atomic mass is 16.7. The van der Waals surface area contributed by atoms with Crippen molar-refractivity contribution >= 4 is 5.91 Å². The van der Waals surface area contributed by atoms with E-state index in [0.717, 1.165) is 57.8 Å². The van der Waals surface area contributed by atoms with Gasteiger partial charge in [0.25, 0.3) is 0 Å². The number of rotatable bonds is 60. The van der Waals surface area contributed by atoms with Crippen LogP contribution in [0, 0.1) is 0 Å². The summed E-state index contributed by atoms with van der Waals surface area (Å²) in [6.07, 6.45) is 53.4. The Labute approximate surface area is 519 Å². The first kappa shape index (κ1) is 79.6. The maximum atomic E-state index is 13.4. The number of hydrogen-bond donors (Lipinski definition) is 9. The summed E-state index contributed by atoms with van der Waals surface area (Å²) in [6.45, 7) is 2.90. The zero-order valence-electron chi connectivity index (χ0n) is 54.6. The van der Waals surface area contributed by atoms with Gasteiger partial charge in [0.1, 0.15) is 48.8 Å². The lowest BCUT2D eigenvalue weighted by molar-refractivity contribution is -0.359. The van der Waals surface area contributed by atoms with Gasteiger partial charge in [-0.05, 0) is 44.9 Å². The third-order valence-corrected chi connectivity index (χ3v) is 17.9. The molecule has 2 fully saturated rings. The summed E-state index contributed by atoms with van der Waals surface area (Å²) < 4.78 is 22.9. The summed E-state index contributed by atoms with van der Waals surface area (Å²) in [5.41, 5.74) is 0. The molecule has 502 valence electrons. The molecule has 0 spiro atoms. The minimum atomic E-state index is -1.78. The van der Waals surface area contributed by atoms with Crippen LogP contribution < -0.4 is 5.32 Å². The summed E-state index contributed by atoms with van der Waals surface area (Å²) in [5.74, 6) is -0.199. The predicted molar refractivity (Wildman–Crippen MR) is 346 cm³/mol. The Morgan fingerprint density at radius 1 is 0.424 bits per heavy atom. The molecule has 2 saturated heterocycles. The van der Waals surface area contributed by atoms with Crippen molar-refractivity contribution in [3.63, 3.8) is 0 Å². The van der Waals surface area contributed by atoms with Crippen LogP contribution in [-0.2, 0) is 23.7 Å². The lowest BCUT2D eigenvalue weighted by atomic mass is 9.97. The van der Waals surface area contributed by atoms with Crippen molar-refractivity contribution in [3.05, 3.63) is 24.3 Å². The van der Waals surface area contributed by atoms with Crippen molar-refractivity contribution in [3.8, 4) is 0 Å². The van der Waals surface area contributed by atoms with E-state index in [0.29, 0.717) is 12.8 Å². The second kappa shape index (κ2) is 56.5. The third kappa shape index (κ3) is 40.8. The maximum Gasteiger partial charge on any atom is 0.220 e. The number of amides is 1. The average Bonchev–Trinajstić information content (AvgIpc) is 3.29. The first-order chi connectivity index (χ1) is 41.6. The summed E-state index contributed by atoms with van der Waals surface area (Å²) in [4.78, 5) is 13.4. The number of unbranched alkanes of at least 4 members (excludes halogenated alkanes) is 43. The molecule has 12 unspecified atom stereocenters. The molecule has 0 aromatic carbocycles. The van der Waals surface area contributed by atoms with Gasteiger partial charge < -0.3 is 65.1 Å². The molecule has 0 saturated carbocycles. The number of carbonyl (C=O) groups excluding carboxylic acids is 1. The van der Waals surface area contributed by atoms with Gasteiger partial charge in [-0.25, -0.2) is 0 Å². The van der Waals surface area contributed by atoms with Crippen molar-refractivity contribution in [2.24, 2.45) is 0 Å². The monoisotopic (exact) mass is 1210 g/mol. The molecule has 2 heterocycles. The molecule has 0 aromatic heterocycles. The van der Waals surface area contributed by atoms with Crippen LogP contribution in [0.3, 0.4) is 0 Å². The minimum Gasteiger partial charge on any atom is -0.394 e. The van der Waals surface area contributed by atoms with E-state index in [1.54, 1.807) is 0 Å². The van der Waals surface area contributed by atoms with Crippen LogP contribution in [0.15, 0.2) is 24.3 Å². The van der Waals surface area contributed by atoms with Gasteiger partial charge in [-0.1, -0.05) is 301 Å². The quantitative estimate of drug-likeness (QED) is 0.0204. The first-order valence-corrected chi connectivity index (χ1v) is 36.1. The summed E-state index contributed by atoms with van der Waals surface area (Å²) >= 11 is 0. The number of allylic oxidation sites excluding steroid dienone is 4. The van der Waals surface area contributed by atoms with E-state index in [1.165, 1.54) is 244 Å². The smallest absolute Gasteiger partial charge is 0.220 e. The van der Waals surface area contributed by atoms with Crippen LogP contribution >= 0.6 is 0 Å². The van der Waals surface area contributed by atoms with E-state index in [1.807, 2.05) is 0 Å². The van der Waals surface area contributed by atoms with Gasteiger partial charge in [-0.15, -0.1) is 0 Å². The first-order valence-electron chi connectivity index (χ1n) is 36.1. The molecular formula is C71H135NO13. The molecule has 0 radical (unpaired) electrons. The van der Waals surface area contributed by atoms with Gasteiger partial charge in [-0.2, -0.15) is 0 Å². The van der Waals surface area contributed by atoms with E-state index in [-0.39, 0.29) is 12.5 Å². The molecule has 1 amide bonds. The van der Waals surface area contributed by atoms with Crippen LogP contribution in [0.2, 0.25) is 0 Å². The van der Waals surface area contributed by atoms with Gasteiger partial charge in [0.15, 0.2) is 12.6 Å². The Bertz CT molecular complexity index is 1520. The van der Waals surface area contributed by atoms with Crippen LogP contribution in [-0.4, -0.2) is 140 Å². The summed E-state index contributed by atoms with van der Waals surface area (Å²) in [7, 11) is 0. The minimum absolute atomic E-state index is 0.199. The molecule has 0 bridgehead atoms. The molecule has 2 aliphatic rings. The maximum absolute atomic E-state index is 13.4. The molecule has 14 nitrogen and oxygen atoms in total. The van der Waals surface area contributed by atoms with Gasteiger partial charge in [0, 0.05) is 6.42 Å². The number of aliphatic hydroxyl groups excluding tert-OH is 8. The van der Waals surface area contributed by atoms with Crippen LogP contribution in [0.25, 0.3) is 0 Å². The fraction of sp³-hybridized carbons (Fsp3) is 0.930. The fourth-order valence-corrected chi connectivity index (χ4v) is 12.2. The lowest BCUT2D eigenvalue weighted by Gasteiger charge is -2.46. The van der Waals surface area contributed by atoms with Crippen LogP contribution in [0.4, 0.5) is 0 Å². The standard InChI is InChI=1S/C71H135NO13/c1-3-5-7-9-11-13-15-17-19-21-23-24-25-26-27-28-29-30-31-32-33-34-35-36-37-39-41-43-45-47-49-51-53-55-63(76)72-59(60(75)54-52-50-48-46-44-42-40-38-22-20-18-16-14-12-10-8-6-4-2)58-82-70-68(81)66(79)69(62(57-74)84-70)85-71-67(80)65(78)64(77)61(56-73)83-71/h15,17,21,23,59-62,64-71,73-75,77-81H,3-14,16,18-20,22,24-58H2,1-2H3,(H,72,76)/b17-15-,23-21-. The second-order valence-electron chi connectivity index (χ2n) is 25.7. The highest BCUT2D eigenvalue weighted by Gasteiger charge is 2.51. The Morgan fingerprint density at radius 2 is 0.776 bits per heavy atom. The molecule has 12 atom stereocenters. The normalized spacial score (nSPS) is 23.6. The largest absolute Gasteiger partial charge is 0.394 e. The molecule has 85 heavy (non-hydrogen) atoms. The Hall–Kier alpha value is -1.53. The summed E-state index contributed by atoms with van der Waals surface area (Å²) in [5, 5.41) is 87.6. The zero-order chi connectivity index (χ0) is 61.6. The topological polar surface area (TPSA) is 228 Å².